The van der Waals surface area contributed by atoms with Crippen molar-refractivity contribution in [2.45, 2.75) is 13.0 Å². The Morgan fingerprint density at radius 2 is 1.93 bits per heavy atom. The Hall–Kier alpha value is -1.73. The average Bonchev–Trinajstić information content (AvgIpc) is 2.68. The summed E-state index contributed by atoms with van der Waals surface area (Å²) in [7, 11) is 0. The van der Waals surface area contributed by atoms with Crippen molar-refractivity contribution < 1.29 is 14.0 Å². The maximum atomic E-state index is 13.3. The highest BCUT2D eigenvalue weighted by molar-refractivity contribution is 7.80. The second kappa shape index (κ2) is 9.46. The number of rotatable bonds is 5. The maximum Gasteiger partial charge on any atom is 0.171 e. The van der Waals surface area contributed by atoms with Crippen LogP contribution in [0.4, 0.5) is 10.1 Å². The SMILES string of the molecule is Cc1c(Cl)cccc1NC(=S)NC[C@@H](c1ccc(F)cc1)[NH+]1CCOCC1. The standard InChI is InChI=1S/C20H23ClFN3OS/c1-14-17(21)3-2-4-18(14)24-20(27)23-13-19(25-9-11-26-12-10-25)15-5-7-16(22)8-6-15/h2-8,19H,9-13H2,1H3,(H2,23,24,27)/p+1/t19-/m0/s1. The number of anilines is 1. The third kappa shape index (κ3) is 5.39. The maximum absolute atomic E-state index is 13.3. The summed E-state index contributed by atoms with van der Waals surface area (Å²) in [4.78, 5) is 1.40. The zero-order chi connectivity index (χ0) is 19.2. The fourth-order valence-electron chi connectivity index (χ4n) is 3.28. The summed E-state index contributed by atoms with van der Waals surface area (Å²) in [5, 5.41) is 7.76. The van der Waals surface area contributed by atoms with Gasteiger partial charge in [0.15, 0.2) is 5.11 Å². The molecule has 0 aromatic heterocycles. The molecule has 1 saturated heterocycles. The van der Waals surface area contributed by atoms with Crippen molar-refractivity contribution >= 4 is 34.6 Å². The molecular formula is C20H24ClFN3OS+. The topological polar surface area (TPSA) is 37.7 Å². The molecule has 0 amide bonds. The predicted octanol–water partition coefficient (Wildman–Crippen LogP) is 2.73. The lowest BCUT2D eigenvalue weighted by molar-refractivity contribution is -0.937. The lowest BCUT2D eigenvalue weighted by Gasteiger charge is -2.32. The van der Waals surface area contributed by atoms with E-state index in [1.165, 1.54) is 17.0 Å². The number of thiocarbonyl (C=S) groups is 1. The van der Waals surface area contributed by atoms with E-state index in [2.05, 4.69) is 10.6 Å². The Bertz CT molecular complexity index is 781. The van der Waals surface area contributed by atoms with Crippen LogP contribution in [0.2, 0.25) is 5.02 Å². The van der Waals surface area contributed by atoms with E-state index >= 15 is 0 Å². The highest BCUT2D eigenvalue weighted by atomic mass is 35.5. The van der Waals surface area contributed by atoms with E-state index in [1.54, 1.807) is 0 Å². The third-order valence-corrected chi connectivity index (χ3v) is 5.54. The molecule has 4 nitrogen and oxygen atoms in total. The molecule has 1 fully saturated rings. The summed E-state index contributed by atoms with van der Waals surface area (Å²) < 4.78 is 18.8. The molecule has 3 N–H and O–H groups in total. The zero-order valence-corrected chi connectivity index (χ0v) is 16.8. The van der Waals surface area contributed by atoms with E-state index in [4.69, 9.17) is 28.6 Å². The van der Waals surface area contributed by atoms with E-state index in [9.17, 15) is 4.39 Å². The van der Waals surface area contributed by atoms with Gasteiger partial charge in [-0.2, -0.15) is 0 Å². The van der Waals surface area contributed by atoms with Gasteiger partial charge in [-0.3, -0.25) is 0 Å². The van der Waals surface area contributed by atoms with Crippen LogP contribution < -0.4 is 15.5 Å². The van der Waals surface area contributed by atoms with Crippen LogP contribution in [0.15, 0.2) is 42.5 Å². The van der Waals surface area contributed by atoms with Crippen molar-refractivity contribution in [1.82, 2.24) is 5.32 Å². The number of benzene rings is 2. The van der Waals surface area contributed by atoms with Crippen LogP contribution in [0, 0.1) is 12.7 Å². The summed E-state index contributed by atoms with van der Waals surface area (Å²) in [5.41, 5.74) is 2.93. The lowest BCUT2D eigenvalue weighted by atomic mass is 10.0. The first-order valence-corrected chi connectivity index (χ1v) is 9.81. The number of hydrogen-bond acceptors (Lipinski definition) is 2. The minimum Gasteiger partial charge on any atom is -0.370 e. The number of hydrogen-bond donors (Lipinski definition) is 3. The molecule has 0 radical (unpaired) electrons. The molecule has 0 saturated carbocycles. The van der Waals surface area contributed by atoms with Crippen molar-refractivity contribution in [1.29, 1.82) is 0 Å². The van der Waals surface area contributed by atoms with Crippen molar-refractivity contribution in [2.75, 3.05) is 38.2 Å². The van der Waals surface area contributed by atoms with Gasteiger partial charge in [-0.15, -0.1) is 0 Å². The number of halogens is 2. The molecule has 7 heteroatoms. The minimum atomic E-state index is -0.226. The molecule has 144 valence electrons. The number of quaternary nitrogens is 1. The number of nitrogens with one attached hydrogen (secondary N) is 3. The average molecular weight is 409 g/mol. The molecule has 1 atom stereocenters. The number of morpholine rings is 1. The van der Waals surface area contributed by atoms with Crippen LogP contribution in [0.1, 0.15) is 17.2 Å². The van der Waals surface area contributed by atoms with Crippen LogP contribution in [0.25, 0.3) is 0 Å². The van der Waals surface area contributed by atoms with Gasteiger partial charge in [-0.05, 0) is 49.0 Å². The summed E-state index contributed by atoms with van der Waals surface area (Å²) >= 11 is 11.6. The fraction of sp³-hybridized carbons (Fsp3) is 0.350. The number of ether oxygens (including phenoxy) is 1. The van der Waals surface area contributed by atoms with Gasteiger partial charge in [0, 0.05) is 16.3 Å². The molecule has 0 unspecified atom stereocenters. The minimum absolute atomic E-state index is 0.162. The molecule has 1 heterocycles. The quantitative estimate of drug-likeness (QED) is 0.665. The third-order valence-electron chi connectivity index (χ3n) is 4.88. The largest absolute Gasteiger partial charge is 0.370 e. The van der Waals surface area contributed by atoms with Gasteiger partial charge in [0.05, 0.1) is 19.8 Å². The van der Waals surface area contributed by atoms with E-state index in [0.29, 0.717) is 16.7 Å². The first-order valence-electron chi connectivity index (χ1n) is 9.02. The molecular weight excluding hydrogens is 385 g/mol. The normalized spacial score (nSPS) is 16.0. The Morgan fingerprint density at radius 1 is 1.22 bits per heavy atom. The Kier molecular flexibility index (Phi) is 7.01. The monoisotopic (exact) mass is 408 g/mol. The Balaban J connectivity index is 1.67. The first kappa shape index (κ1) is 20.0. The first-order chi connectivity index (χ1) is 13.0. The van der Waals surface area contributed by atoms with Crippen molar-refractivity contribution in [3.05, 3.63) is 64.4 Å². The van der Waals surface area contributed by atoms with Gasteiger partial charge in [0.2, 0.25) is 0 Å². The highest BCUT2D eigenvalue weighted by Crippen LogP contribution is 2.22. The van der Waals surface area contributed by atoms with E-state index in [-0.39, 0.29) is 11.9 Å². The fourth-order valence-corrected chi connectivity index (χ4v) is 3.65. The van der Waals surface area contributed by atoms with Gasteiger partial charge in [0.25, 0.3) is 0 Å². The second-order valence-electron chi connectivity index (χ2n) is 6.62. The van der Waals surface area contributed by atoms with Crippen LogP contribution in [0.5, 0.6) is 0 Å². The molecule has 0 aliphatic carbocycles. The molecule has 0 spiro atoms. The summed E-state index contributed by atoms with van der Waals surface area (Å²) in [6.07, 6.45) is 0. The second-order valence-corrected chi connectivity index (χ2v) is 7.44. The smallest absolute Gasteiger partial charge is 0.171 e. The molecule has 2 aromatic carbocycles. The van der Waals surface area contributed by atoms with E-state index in [0.717, 1.165) is 43.1 Å². The zero-order valence-electron chi connectivity index (χ0n) is 15.2. The summed E-state index contributed by atoms with van der Waals surface area (Å²) in [6, 6.07) is 12.6. The van der Waals surface area contributed by atoms with Gasteiger partial charge in [-0.25, -0.2) is 4.39 Å². The molecule has 27 heavy (non-hydrogen) atoms. The van der Waals surface area contributed by atoms with Crippen molar-refractivity contribution in [3.8, 4) is 0 Å². The molecule has 3 rings (SSSR count). The van der Waals surface area contributed by atoms with Crippen LogP contribution in [0.3, 0.4) is 0 Å². The van der Waals surface area contributed by atoms with Crippen LogP contribution in [-0.2, 0) is 4.74 Å². The van der Waals surface area contributed by atoms with Crippen LogP contribution in [-0.4, -0.2) is 38.0 Å². The van der Waals surface area contributed by atoms with Gasteiger partial charge >= 0.3 is 0 Å². The summed E-state index contributed by atoms with van der Waals surface area (Å²) in [6.45, 7) is 5.89. The van der Waals surface area contributed by atoms with Gasteiger partial charge in [0.1, 0.15) is 24.9 Å². The van der Waals surface area contributed by atoms with Gasteiger partial charge < -0.3 is 20.3 Å². The Morgan fingerprint density at radius 3 is 2.63 bits per heavy atom. The lowest BCUT2D eigenvalue weighted by Crippen LogP contribution is -3.15. The Labute approximate surface area is 169 Å². The van der Waals surface area contributed by atoms with Crippen LogP contribution >= 0.6 is 23.8 Å². The molecule has 1 aliphatic rings. The van der Waals surface area contributed by atoms with E-state index in [1.807, 2.05) is 37.3 Å². The highest BCUT2D eigenvalue weighted by Gasteiger charge is 2.26. The van der Waals surface area contributed by atoms with E-state index < -0.39 is 0 Å². The molecule has 2 aromatic rings. The summed E-state index contributed by atoms with van der Waals surface area (Å²) in [5.74, 6) is -0.226. The van der Waals surface area contributed by atoms with Crippen molar-refractivity contribution in [3.63, 3.8) is 0 Å². The molecule has 1 aliphatic heterocycles. The predicted molar refractivity (Wildman–Crippen MR) is 111 cm³/mol. The van der Waals surface area contributed by atoms with Crippen molar-refractivity contribution in [2.24, 2.45) is 0 Å². The van der Waals surface area contributed by atoms with Gasteiger partial charge in [-0.1, -0.05) is 29.8 Å². The molecule has 0 bridgehead atoms.